The average molecular weight is 217 g/mol. The van der Waals surface area contributed by atoms with Gasteiger partial charge in [0, 0.05) is 41.3 Å². The molecule has 0 aromatic carbocycles. The molecular formula is C10H10N2Ni. The van der Waals surface area contributed by atoms with Crippen LogP contribution >= 0.6 is 0 Å². The summed E-state index contributed by atoms with van der Waals surface area (Å²) in [6.45, 7) is 0. The molecule has 0 unspecified atom stereocenters. The third-order valence-corrected chi connectivity index (χ3v) is 1.13. The van der Waals surface area contributed by atoms with E-state index in [1.54, 1.807) is 24.8 Å². The van der Waals surface area contributed by atoms with E-state index in [0.29, 0.717) is 0 Å². The van der Waals surface area contributed by atoms with Crippen molar-refractivity contribution in [3.63, 3.8) is 0 Å². The van der Waals surface area contributed by atoms with Crippen LogP contribution < -0.4 is 0 Å². The fourth-order valence-corrected chi connectivity index (χ4v) is 0.625. The van der Waals surface area contributed by atoms with Crippen LogP contribution in [0.1, 0.15) is 0 Å². The molecule has 2 aromatic rings. The summed E-state index contributed by atoms with van der Waals surface area (Å²) >= 11 is 0. The van der Waals surface area contributed by atoms with Crippen LogP contribution in [0.25, 0.3) is 0 Å². The summed E-state index contributed by atoms with van der Waals surface area (Å²) in [6.07, 6.45) is 7.00. The number of hydrogen-bond donors (Lipinski definition) is 0. The minimum Gasteiger partial charge on any atom is -0.265 e. The Labute approximate surface area is 88.0 Å². The molecule has 0 saturated carbocycles. The predicted molar refractivity (Wildman–Crippen MR) is 48.5 cm³/mol. The first kappa shape index (κ1) is 11.8. The predicted octanol–water partition coefficient (Wildman–Crippen LogP) is 2.16. The zero-order chi connectivity index (χ0) is 8.49. The van der Waals surface area contributed by atoms with Gasteiger partial charge in [-0.15, -0.1) is 0 Å². The van der Waals surface area contributed by atoms with Gasteiger partial charge < -0.3 is 0 Å². The molecule has 2 heterocycles. The van der Waals surface area contributed by atoms with Crippen LogP contribution in [0, 0.1) is 0 Å². The fourth-order valence-electron chi connectivity index (χ4n) is 0.625. The van der Waals surface area contributed by atoms with Gasteiger partial charge in [-0.25, -0.2) is 0 Å². The van der Waals surface area contributed by atoms with Crippen molar-refractivity contribution >= 4 is 0 Å². The molecule has 0 atom stereocenters. The smallest absolute Gasteiger partial charge is 0.0267 e. The maximum Gasteiger partial charge on any atom is 0.0267 e. The van der Waals surface area contributed by atoms with Crippen LogP contribution in [-0.4, -0.2) is 9.97 Å². The number of aromatic nitrogens is 2. The van der Waals surface area contributed by atoms with Crippen molar-refractivity contribution in [1.29, 1.82) is 0 Å². The molecule has 0 radical (unpaired) electrons. The molecule has 2 nitrogen and oxygen atoms in total. The van der Waals surface area contributed by atoms with E-state index >= 15 is 0 Å². The molecule has 0 aliphatic rings. The Hall–Kier alpha value is -1.21. The Morgan fingerprint density at radius 3 is 0.846 bits per heavy atom. The maximum atomic E-state index is 3.78. The van der Waals surface area contributed by atoms with Gasteiger partial charge in [-0.3, -0.25) is 9.97 Å². The molecule has 0 N–H and O–H groups in total. The first-order valence-electron chi connectivity index (χ1n) is 3.70. The van der Waals surface area contributed by atoms with E-state index in [1.807, 2.05) is 36.4 Å². The second-order valence-electron chi connectivity index (χ2n) is 2.05. The van der Waals surface area contributed by atoms with Crippen LogP contribution in [0.15, 0.2) is 61.2 Å². The third-order valence-electron chi connectivity index (χ3n) is 1.13. The molecule has 0 amide bonds. The van der Waals surface area contributed by atoms with Crippen molar-refractivity contribution in [3.8, 4) is 0 Å². The first-order valence-corrected chi connectivity index (χ1v) is 3.70. The topological polar surface area (TPSA) is 25.8 Å². The number of nitrogens with zero attached hydrogens (tertiary/aromatic N) is 2. The summed E-state index contributed by atoms with van der Waals surface area (Å²) in [6, 6.07) is 11.4. The molecule has 2 rings (SSSR count). The van der Waals surface area contributed by atoms with Gasteiger partial charge in [-0.05, 0) is 24.3 Å². The summed E-state index contributed by atoms with van der Waals surface area (Å²) in [5, 5.41) is 0. The summed E-state index contributed by atoms with van der Waals surface area (Å²) < 4.78 is 0. The largest absolute Gasteiger partial charge is 0.265 e. The van der Waals surface area contributed by atoms with Crippen LogP contribution in [0.2, 0.25) is 0 Å². The minimum absolute atomic E-state index is 0. The molecular weight excluding hydrogens is 207 g/mol. The maximum absolute atomic E-state index is 3.78. The van der Waals surface area contributed by atoms with E-state index in [1.165, 1.54) is 0 Å². The SMILES string of the molecule is [Ni].c1ccncc1.c1ccncc1. The molecule has 0 spiro atoms. The number of hydrogen-bond acceptors (Lipinski definition) is 2. The molecule has 0 saturated heterocycles. The molecule has 0 bridgehead atoms. The van der Waals surface area contributed by atoms with Gasteiger partial charge in [-0.1, -0.05) is 12.1 Å². The Kier molecular flexibility index (Phi) is 8.06. The van der Waals surface area contributed by atoms with Gasteiger partial charge in [0.15, 0.2) is 0 Å². The average Bonchev–Trinajstić information content (AvgIpc) is 2.24. The second-order valence-corrected chi connectivity index (χ2v) is 2.05. The standard InChI is InChI=1S/2C5H5N.Ni/c2*1-2-4-6-5-3-1;/h2*1-5H;. The second kappa shape index (κ2) is 8.89. The van der Waals surface area contributed by atoms with Crippen molar-refractivity contribution in [2.24, 2.45) is 0 Å². The van der Waals surface area contributed by atoms with Crippen molar-refractivity contribution in [2.75, 3.05) is 0 Å². The van der Waals surface area contributed by atoms with E-state index in [9.17, 15) is 0 Å². The van der Waals surface area contributed by atoms with Gasteiger partial charge in [-0.2, -0.15) is 0 Å². The summed E-state index contributed by atoms with van der Waals surface area (Å²) in [5.74, 6) is 0. The van der Waals surface area contributed by atoms with E-state index in [-0.39, 0.29) is 16.5 Å². The van der Waals surface area contributed by atoms with E-state index < -0.39 is 0 Å². The van der Waals surface area contributed by atoms with Gasteiger partial charge in [0.2, 0.25) is 0 Å². The van der Waals surface area contributed by atoms with E-state index in [2.05, 4.69) is 9.97 Å². The van der Waals surface area contributed by atoms with Crippen molar-refractivity contribution < 1.29 is 16.5 Å². The molecule has 0 aliphatic heterocycles. The molecule has 3 heteroatoms. The third kappa shape index (κ3) is 7.16. The Morgan fingerprint density at radius 2 is 0.769 bits per heavy atom. The number of pyridine rings is 2. The Morgan fingerprint density at radius 1 is 0.462 bits per heavy atom. The van der Waals surface area contributed by atoms with Gasteiger partial charge in [0.05, 0.1) is 0 Å². The summed E-state index contributed by atoms with van der Waals surface area (Å²) in [7, 11) is 0. The molecule has 0 fully saturated rings. The molecule has 70 valence electrons. The Bertz CT molecular complexity index is 188. The number of rotatable bonds is 0. The molecule has 0 aliphatic carbocycles. The van der Waals surface area contributed by atoms with Crippen molar-refractivity contribution in [2.45, 2.75) is 0 Å². The normalized spacial score (nSPS) is 7.38. The van der Waals surface area contributed by atoms with Crippen LogP contribution in [0.5, 0.6) is 0 Å². The molecule has 2 aromatic heterocycles. The van der Waals surface area contributed by atoms with Gasteiger partial charge in [0.1, 0.15) is 0 Å². The molecule has 13 heavy (non-hydrogen) atoms. The summed E-state index contributed by atoms with van der Waals surface area (Å²) in [4.78, 5) is 7.57. The monoisotopic (exact) mass is 216 g/mol. The first-order chi connectivity index (χ1) is 6.00. The zero-order valence-corrected chi connectivity index (χ0v) is 7.97. The van der Waals surface area contributed by atoms with Crippen LogP contribution in [0.3, 0.4) is 0 Å². The van der Waals surface area contributed by atoms with Crippen molar-refractivity contribution in [3.05, 3.63) is 61.2 Å². The van der Waals surface area contributed by atoms with E-state index in [0.717, 1.165) is 0 Å². The van der Waals surface area contributed by atoms with Gasteiger partial charge in [0.25, 0.3) is 0 Å². The van der Waals surface area contributed by atoms with Gasteiger partial charge >= 0.3 is 0 Å². The van der Waals surface area contributed by atoms with E-state index in [4.69, 9.17) is 0 Å². The minimum atomic E-state index is 0. The Balaban J connectivity index is 0.000000206. The van der Waals surface area contributed by atoms with Crippen LogP contribution in [-0.2, 0) is 16.5 Å². The van der Waals surface area contributed by atoms with Crippen molar-refractivity contribution in [1.82, 2.24) is 9.97 Å². The summed E-state index contributed by atoms with van der Waals surface area (Å²) in [5.41, 5.74) is 0. The fraction of sp³-hybridized carbons (Fsp3) is 0. The zero-order valence-electron chi connectivity index (χ0n) is 6.98. The quantitative estimate of drug-likeness (QED) is 0.631. The van der Waals surface area contributed by atoms with Crippen LogP contribution in [0.4, 0.5) is 0 Å².